The third-order valence-electron chi connectivity index (χ3n) is 3.45. The van der Waals surface area contributed by atoms with Crippen LogP contribution in [0.15, 0.2) is 23.1 Å². The van der Waals surface area contributed by atoms with Crippen molar-refractivity contribution in [2.45, 2.75) is 37.6 Å². The minimum atomic E-state index is -3.58. The molecule has 1 aromatic carbocycles. The molecule has 1 aliphatic rings. The lowest BCUT2D eigenvalue weighted by molar-refractivity contribution is -0.114. The number of amides is 1. The molecular formula is C14H22ClN3O3S. The number of carbonyl (C=O) groups is 1. The molecule has 2 rings (SSSR count). The molecule has 1 saturated heterocycles. The van der Waals surface area contributed by atoms with Gasteiger partial charge in [0.25, 0.3) is 0 Å². The van der Waals surface area contributed by atoms with Crippen LogP contribution in [0.2, 0.25) is 0 Å². The van der Waals surface area contributed by atoms with Crippen molar-refractivity contribution in [3.63, 3.8) is 0 Å². The van der Waals surface area contributed by atoms with Gasteiger partial charge >= 0.3 is 0 Å². The fraction of sp³-hybridized carbons (Fsp3) is 0.500. The van der Waals surface area contributed by atoms with Crippen molar-refractivity contribution in [1.29, 1.82) is 0 Å². The summed E-state index contributed by atoms with van der Waals surface area (Å²) in [6.07, 6.45) is 1.79. The van der Waals surface area contributed by atoms with E-state index in [1.165, 1.54) is 13.0 Å². The Morgan fingerprint density at radius 3 is 2.68 bits per heavy atom. The summed E-state index contributed by atoms with van der Waals surface area (Å²) >= 11 is 0. The predicted octanol–water partition coefficient (Wildman–Crippen LogP) is 1.41. The van der Waals surface area contributed by atoms with Crippen molar-refractivity contribution < 1.29 is 13.2 Å². The van der Waals surface area contributed by atoms with Gasteiger partial charge in [-0.1, -0.05) is 6.07 Å². The second-order valence-electron chi connectivity index (χ2n) is 5.32. The highest BCUT2D eigenvalue weighted by Gasteiger charge is 2.22. The molecule has 1 aromatic rings. The molecule has 1 fully saturated rings. The average molecular weight is 348 g/mol. The van der Waals surface area contributed by atoms with E-state index in [4.69, 9.17) is 0 Å². The first-order valence-corrected chi connectivity index (χ1v) is 8.48. The number of carbonyl (C=O) groups excluding carboxylic acids is 1. The Balaban J connectivity index is 0.00000242. The van der Waals surface area contributed by atoms with Gasteiger partial charge in [-0.2, -0.15) is 0 Å². The Morgan fingerprint density at radius 2 is 2.09 bits per heavy atom. The van der Waals surface area contributed by atoms with Crippen LogP contribution in [0, 0.1) is 6.92 Å². The molecule has 1 heterocycles. The van der Waals surface area contributed by atoms with Crippen molar-refractivity contribution >= 4 is 34.0 Å². The number of rotatable bonds is 4. The molecule has 1 unspecified atom stereocenters. The number of sulfonamides is 1. The number of halogens is 1. The molecule has 22 heavy (non-hydrogen) atoms. The van der Waals surface area contributed by atoms with Gasteiger partial charge in [0.05, 0.1) is 4.90 Å². The summed E-state index contributed by atoms with van der Waals surface area (Å²) in [5, 5.41) is 5.82. The number of anilines is 1. The summed E-state index contributed by atoms with van der Waals surface area (Å²) in [5.41, 5.74) is 1.34. The zero-order chi connectivity index (χ0) is 15.5. The number of benzene rings is 1. The number of hydrogen-bond donors (Lipinski definition) is 3. The van der Waals surface area contributed by atoms with Crippen molar-refractivity contribution in [2.75, 3.05) is 18.4 Å². The molecule has 0 bridgehead atoms. The fourth-order valence-corrected chi connectivity index (χ4v) is 3.63. The van der Waals surface area contributed by atoms with Crippen molar-refractivity contribution in [3.8, 4) is 0 Å². The fourth-order valence-electron chi connectivity index (χ4n) is 2.33. The van der Waals surface area contributed by atoms with Gasteiger partial charge in [-0.05, 0) is 44.0 Å². The zero-order valence-electron chi connectivity index (χ0n) is 12.7. The SMILES string of the molecule is CC(=O)Nc1cc(S(=O)(=O)NC2CCCNC2)ccc1C.Cl. The van der Waals surface area contributed by atoms with Gasteiger partial charge in [0.15, 0.2) is 0 Å². The van der Waals surface area contributed by atoms with E-state index in [-0.39, 0.29) is 29.3 Å². The molecule has 6 nitrogen and oxygen atoms in total. The van der Waals surface area contributed by atoms with E-state index >= 15 is 0 Å². The van der Waals surface area contributed by atoms with Gasteiger partial charge in [0.1, 0.15) is 0 Å². The van der Waals surface area contributed by atoms with E-state index in [9.17, 15) is 13.2 Å². The van der Waals surface area contributed by atoms with Gasteiger partial charge in [0, 0.05) is 25.2 Å². The molecule has 124 valence electrons. The van der Waals surface area contributed by atoms with Crippen LogP contribution >= 0.6 is 12.4 Å². The first kappa shape index (κ1) is 18.9. The maximum atomic E-state index is 12.4. The number of nitrogens with one attached hydrogen (secondary N) is 3. The Labute approximate surface area is 137 Å². The van der Waals surface area contributed by atoms with Crippen LogP contribution in [0.25, 0.3) is 0 Å². The van der Waals surface area contributed by atoms with Gasteiger partial charge in [-0.3, -0.25) is 4.79 Å². The van der Waals surface area contributed by atoms with Crippen LogP contribution in [0.1, 0.15) is 25.3 Å². The molecule has 0 aromatic heterocycles. The standard InChI is InChI=1S/C14H21N3O3S.ClH/c1-10-5-6-13(8-14(10)16-11(2)18)21(19,20)17-12-4-3-7-15-9-12;/h5-6,8,12,15,17H,3-4,7,9H2,1-2H3,(H,16,18);1H. The lowest BCUT2D eigenvalue weighted by Crippen LogP contribution is -2.45. The third kappa shape index (κ3) is 4.95. The minimum absolute atomic E-state index is 0. The normalized spacial score (nSPS) is 18.4. The maximum absolute atomic E-state index is 12.4. The number of aryl methyl sites for hydroxylation is 1. The number of piperidine rings is 1. The highest BCUT2D eigenvalue weighted by atomic mass is 35.5. The monoisotopic (exact) mass is 347 g/mol. The molecule has 1 amide bonds. The summed E-state index contributed by atoms with van der Waals surface area (Å²) in [5.74, 6) is -0.225. The predicted molar refractivity (Wildman–Crippen MR) is 88.9 cm³/mol. The topological polar surface area (TPSA) is 87.3 Å². The molecule has 0 radical (unpaired) electrons. The molecular weight excluding hydrogens is 326 g/mol. The van der Waals surface area contributed by atoms with Gasteiger partial charge in [-0.25, -0.2) is 13.1 Å². The maximum Gasteiger partial charge on any atom is 0.240 e. The van der Waals surface area contributed by atoms with Crippen molar-refractivity contribution in [2.24, 2.45) is 0 Å². The molecule has 8 heteroatoms. The van der Waals surface area contributed by atoms with Crippen LogP contribution in [0.3, 0.4) is 0 Å². The molecule has 3 N–H and O–H groups in total. The lowest BCUT2D eigenvalue weighted by Gasteiger charge is -2.23. The first-order valence-electron chi connectivity index (χ1n) is 7.00. The first-order chi connectivity index (χ1) is 9.88. The lowest BCUT2D eigenvalue weighted by atomic mass is 10.1. The van der Waals surface area contributed by atoms with Crippen LogP contribution in [-0.4, -0.2) is 33.5 Å². The smallest absolute Gasteiger partial charge is 0.240 e. The second-order valence-corrected chi connectivity index (χ2v) is 7.04. The van der Waals surface area contributed by atoms with Crippen LogP contribution < -0.4 is 15.4 Å². The summed E-state index contributed by atoms with van der Waals surface area (Å²) in [6, 6.07) is 4.65. The summed E-state index contributed by atoms with van der Waals surface area (Å²) < 4.78 is 27.5. The van der Waals surface area contributed by atoms with E-state index in [1.807, 2.05) is 6.92 Å². The highest BCUT2D eigenvalue weighted by Crippen LogP contribution is 2.20. The molecule has 1 aliphatic heterocycles. The summed E-state index contributed by atoms with van der Waals surface area (Å²) in [4.78, 5) is 11.3. The molecule has 0 saturated carbocycles. The average Bonchev–Trinajstić information content (AvgIpc) is 2.41. The Bertz CT molecular complexity index is 628. The van der Waals surface area contributed by atoms with E-state index in [1.54, 1.807) is 12.1 Å². The Hall–Kier alpha value is -1.15. The van der Waals surface area contributed by atoms with Gasteiger partial charge in [-0.15, -0.1) is 12.4 Å². The molecule has 1 atom stereocenters. The van der Waals surface area contributed by atoms with Gasteiger partial charge in [0.2, 0.25) is 15.9 Å². The van der Waals surface area contributed by atoms with E-state index in [2.05, 4.69) is 15.4 Å². The van der Waals surface area contributed by atoms with Crippen molar-refractivity contribution in [1.82, 2.24) is 10.0 Å². The largest absolute Gasteiger partial charge is 0.326 e. The summed E-state index contributed by atoms with van der Waals surface area (Å²) in [6.45, 7) is 4.78. The van der Waals surface area contributed by atoms with E-state index in [0.717, 1.165) is 24.9 Å². The van der Waals surface area contributed by atoms with Crippen LogP contribution in [-0.2, 0) is 14.8 Å². The van der Waals surface area contributed by atoms with Crippen LogP contribution in [0.4, 0.5) is 5.69 Å². The van der Waals surface area contributed by atoms with E-state index in [0.29, 0.717) is 12.2 Å². The highest BCUT2D eigenvalue weighted by molar-refractivity contribution is 7.89. The Kier molecular flexibility index (Phi) is 6.80. The third-order valence-corrected chi connectivity index (χ3v) is 4.97. The molecule has 0 spiro atoms. The Morgan fingerprint density at radius 1 is 1.36 bits per heavy atom. The minimum Gasteiger partial charge on any atom is -0.326 e. The van der Waals surface area contributed by atoms with Crippen LogP contribution in [0.5, 0.6) is 0 Å². The van der Waals surface area contributed by atoms with Crippen molar-refractivity contribution in [3.05, 3.63) is 23.8 Å². The van der Waals surface area contributed by atoms with Gasteiger partial charge < -0.3 is 10.6 Å². The molecule has 0 aliphatic carbocycles. The van der Waals surface area contributed by atoms with E-state index < -0.39 is 10.0 Å². The second kappa shape index (κ2) is 7.92. The number of hydrogen-bond acceptors (Lipinski definition) is 4. The quantitative estimate of drug-likeness (QED) is 0.768. The summed E-state index contributed by atoms with van der Waals surface area (Å²) in [7, 11) is -3.58. The zero-order valence-corrected chi connectivity index (χ0v) is 14.3.